The zero-order valence-electron chi connectivity index (χ0n) is 14.8. The van der Waals surface area contributed by atoms with E-state index in [4.69, 9.17) is 4.74 Å². The quantitative estimate of drug-likeness (QED) is 0.864. The molecule has 3 heterocycles. The molecule has 2 aromatic rings. The molecule has 25 heavy (non-hydrogen) atoms. The summed E-state index contributed by atoms with van der Waals surface area (Å²) < 4.78 is 5.35. The number of piperidine rings is 1. The van der Waals surface area contributed by atoms with Gasteiger partial charge < -0.3 is 24.6 Å². The highest BCUT2D eigenvalue weighted by molar-refractivity contribution is 5.87. The van der Waals surface area contributed by atoms with E-state index in [9.17, 15) is 9.90 Å². The van der Waals surface area contributed by atoms with E-state index in [0.29, 0.717) is 26.1 Å². The minimum absolute atomic E-state index is 0.0712. The monoisotopic (exact) mass is 343 g/mol. The second kappa shape index (κ2) is 6.35. The smallest absolute Gasteiger partial charge is 0.229 e. The average molecular weight is 343 g/mol. The number of aromatic amines is 1. The predicted octanol–water partition coefficient (Wildman–Crippen LogP) is 1.37. The van der Waals surface area contributed by atoms with Gasteiger partial charge in [-0.05, 0) is 31.7 Å². The van der Waals surface area contributed by atoms with Crippen LogP contribution in [0.5, 0.6) is 5.75 Å². The van der Waals surface area contributed by atoms with Gasteiger partial charge >= 0.3 is 0 Å². The van der Waals surface area contributed by atoms with Crippen molar-refractivity contribution in [3.8, 4) is 5.75 Å². The molecule has 2 aliphatic heterocycles. The number of benzene rings is 1. The zero-order valence-corrected chi connectivity index (χ0v) is 14.8. The third-order valence-corrected chi connectivity index (χ3v) is 5.59. The number of likely N-dealkylation sites (tertiary alicyclic amines) is 1. The average Bonchev–Trinajstić information content (AvgIpc) is 3.00. The van der Waals surface area contributed by atoms with Crippen LogP contribution in [0.1, 0.15) is 17.7 Å². The first-order valence-corrected chi connectivity index (χ1v) is 8.89. The van der Waals surface area contributed by atoms with Crippen molar-refractivity contribution >= 4 is 16.8 Å². The summed E-state index contributed by atoms with van der Waals surface area (Å²) in [5.41, 5.74) is 3.46. The fraction of sp³-hybridized carbons (Fsp3) is 0.526. The van der Waals surface area contributed by atoms with Crippen molar-refractivity contribution in [1.29, 1.82) is 0 Å². The number of rotatable bonds is 2. The Bertz CT molecular complexity index is 801. The van der Waals surface area contributed by atoms with Crippen LogP contribution in [0.15, 0.2) is 18.2 Å². The lowest BCUT2D eigenvalue weighted by Gasteiger charge is -2.37. The lowest BCUT2D eigenvalue weighted by atomic mass is 9.92. The molecule has 0 unspecified atom stereocenters. The molecule has 6 nitrogen and oxygen atoms in total. The third-order valence-electron chi connectivity index (χ3n) is 5.59. The number of methoxy groups -OCH3 is 1. The van der Waals surface area contributed by atoms with Crippen LogP contribution < -0.4 is 4.74 Å². The number of H-pyrrole nitrogens is 1. The van der Waals surface area contributed by atoms with Crippen molar-refractivity contribution in [2.75, 3.05) is 33.8 Å². The van der Waals surface area contributed by atoms with E-state index in [-0.39, 0.29) is 11.8 Å². The Kier molecular flexibility index (Phi) is 4.17. The van der Waals surface area contributed by atoms with Gasteiger partial charge in [0.2, 0.25) is 5.91 Å². The fourth-order valence-electron chi connectivity index (χ4n) is 4.09. The van der Waals surface area contributed by atoms with Gasteiger partial charge in [-0.25, -0.2) is 0 Å². The highest BCUT2D eigenvalue weighted by Gasteiger charge is 2.36. The number of amides is 1. The number of hydrogen-bond donors (Lipinski definition) is 2. The van der Waals surface area contributed by atoms with E-state index in [2.05, 4.69) is 9.88 Å². The molecule has 2 N–H and O–H groups in total. The molecular formula is C19H25N3O3. The largest absolute Gasteiger partial charge is 0.497 e. The predicted molar refractivity (Wildman–Crippen MR) is 95.6 cm³/mol. The van der Waals surface area contributed by atoms with Crippen LogP contribution >= 0.6 is 0 Å². The first kappa shape index (κ1) is 16.4. The van der Waals surface area contributed by atoms with Gasteiger partial charge in [-0.3, -0.25) is 4.79 Å². The van der Waals surface area contributed by atoms with Crippen LogP contribution in [0, 0.1) is 5.92 Å². The van der Waals surface area contributed by atoms with Gasteiger partial charge in [-0.1, -0.05) is 0 Å². The number of nitrogens with one attached hydrogen (secondary N) is 1. The van der Waals surface area contributed by atoms with Crippen LogP contribution in [-0.2, 0) is 17.8 Å². The van der Waals surface area contributed by atoms with Crippen molar-refractivity contribution in [3.63, 3.8) is 0 Å². The van der Waals surface area contributed by atoms with Crippen molar-refractivity contribution in [2.45, 2.75) is 25.5 Å². The van der Waals surface area contributed by atoms with E-state index < -0.39 is 6.10 Å². The molecule has 0 aliphatic carbocycles. The van der Waals surface area contributed by atoms with Gasteiger partial charge in [0.05, 0.1) is 19.1 Å². The molecule has 1 saturated heterocycles. The standard InChI is InChI=1S/C19H25N3O3/c1-21-7-6-18(23)15(10-21)19(24)22-8-5-17-14(11-22)13-9-12(25-2)3-4-16(13)20-17/h3-4,9,15,18,20,23H,5-8,10-11H2,1-2H3/t15-,18-/m1/s1. The van der Waals surface area contributed by atoms with E-state index in [1.807, 2.05) is 30.1 Å². The summed E-state index contributed by atoms with van der Waals surface area (Å²) in [5.74, 6) is 0.573. The maximum Gasteiger partial charge on any atom is 0.229 e. The van der Waals surface area contributed by atoms with E-state index in [1.54, 1.807) is 7.11 Å². The molecule has 2 aliphatic rings. The normalized spacial score (nSPS) is 24.4. The minimum atomic E-state index is -0.534. The van der Waals surface area contributed by atoms with Gasteiger partial charge in [0.1, 0.15) is 5.75 Å². The summed E-state index contributed by atoms with van der Waals surface area (Å²) in [7, 11) is 3.67. The molecular weight excluding hydrogens is 318 g/mol. The molecule has 1 aromatic heterocycles. The van der Waals surface area contributed by atoms with Crippen LogP contribution in [0.4, 0.5) is 0 Å². The number of carbonyl (C=O) groups is 1. The molecule has 4 rings (SSSR count). The Morgan fingerprint density at radius 1 is 1.36 bits per heavy atom. The van der Waals surface area contributed by atoms with Crippen molar-refractivity contribution < 1.29 is 14.6 Å². The highest BCUT2D eigenvalue weighted by Crippen LogP contribution is 2.31. The van der Waals surface area contributed by atoms with Crippen LogP contribution in [0.2, 0.25) is 0 Å². The molecule has 0 radical (unpaired) electrons. The molecule has 1 aromatic carbocycles. The Morgan fingerprint density at radius 2 is 2.20 bits per heavy atom. The Balaban J connectivity index is 1.60. The van der Waals surface area contributed by atoms with Gasteiger partial charge in [-0.2, -0.15) is 0 Å². The van der Waals surface area contributed by atoms with Crippen LogP contribution in [0.3, 0.4) is 0 Å². The lowest BCUT2D eigenvalue weighted by molar-refractivity contribution is -0.143. The second-order valence-corrected chi connectivity index (χ2v) is 7.23. The van der Waals surface area contributed by atoms with E-state index in [0.717, 1.165) is 29.6 Å². The van der Waals surface area contributed by atoms with Gasteiger partial charge in [0.25, 0.3) is 0 Å². The number of aromatic nitrogens is 1. The SMILES string of the molecule is COc1ccc2[nH]c3c(c2c1)CN(C(=O)[C@@H]1CN(C)CC[C@H]1O)CC3. The summed E-state index contributed by atoms with van der Waals surface area (Å²) in [6.07, 6.45) is 0.945. The summed E-state index contributed by atoms with van der Waals surface area (Å²) in [6, 6.07) is 6.00. The molecule has 2 atom stereocenters. The number of nitrogens with zero attached hydrogens (tertiary/aromatic N) is 2. The number of aliphatic hydroxyl groups is 1. The molecule has 0 saturated carbocycles. The van der Waals surface area contributed by atoms with E-state index in [1.165, 1.54) is 11.3 Å². The van der Waals surface area contributed by atoms with Crippen molar-refractivity contribution in [1.82, 2.24) is 14.8 Å². The van der Waals surface area contributed by atoms with Crippen molar-refractivity contribution in [3.05, 3.63) is 29.5 Å². The summed E-state index contributed by atoms with van der Waals surface area (Å²) in [4.78, 5) is 20.5. The van der Waals surface area contributed by atoms with Gasteiger partial charge in [0, 0.05) is 54.8 Å². The number of aliphatic hydroxyl groups excluding tert-OH is 1. The second-order valence-electron chi connectivity index (χ2n) is 7.23. The molecule has 0 spiro atoms. The Morgan fingerprint density at radius 3 is 3.00 bits per heavy atom. The maximum absolute atomic E-state index is 13.0. The maximum atomic E-state index is 13.0. The number of carbonyl (C=O) groups excluding carboxylic acids is 1. The summed E-state index contributed by atoms with van der Waals surface area (Å²) in [5, 5.41) is 11.4. The Labute approximate surface area is 147 Å². The van der Waals surface area contributed by atoms with Crippen LogP contribution in [0.25, 0.3) is 10.9 Å². The van der Waals surface area contributed by atoms with E-state index >= 15 is 0 Å². The first-order chi connectivity index (χ1) is 12.1. The zero-order chi connectivity index (χ0) is 17.6. The number of fused-ring (bicyclic) bond motifs is 3. The topological polar surface area (TPSA) is 68.8 Å². The fourth-order valence-corrected chi connectivity index (χ4v) is 4.09. The minimum Gasteiger partial charge on any atom is -0.497 e. The molecule has 1 amide bonds. The summed E-state index contributed by atoms with van der Waals surface area (Å²) in [6.45, 7) is 2.76. The van der Waals surface area contributed by atoms with Crippen LogP contribution in [-0.4, -0.2) is 65.7 Å². The third kappa shape index (κ3) is 2.89. The van der Waals surface area contributed by atoms with Gasteiger partial charge in [-0.15, -0.1) is 0 Å². The lowest BCUT2D eigenvalue weighted by Crippen LogP contribution is -2.50. The number of ether oxygens (including phenoxy) is 1. The molecule has 6 heteroatoms. The molecule has 0 bridgehead atoms. The first-order valence-electron chi connectivity index (χ1n) is 8.89. The molecule has 134 valence electrons. The summed E-state index contributed by atoms with van der Waals surface area (Å²) >= 11 is 0. The molecule has 1 fully saturated rings. The van der Waals surface area contributed by atoms with Gasteiger partial charge in [0.15, 0.2) is 0 Å². The number of hydrogen-bond acceptors (Lipinski definition) is 4. The Hall–Kier alpha value is -2.05. The van der Waals surface area contributed by atoms with Crippen molar-refractivity contribution in [2.24, 2.45) is 5.92 Å². The highest BCUT2D eigenvalue weighted by atomic mass is 16.5.